The number of aliphatic carboxylic acids is 1. The van der Waals surface area contributed by atoms with Gasteiger partial charge in [0.1, 0.15) is 0 Å². The van der Waals surface area contributed by atoms with Crippen LogP contribution in [0.4, 0.5) is 0 Å². The smallest absolute Gasteiger partial charge is 0.303 e. The molecule has 82 valence electrons. The number of rotatable bonds is 2. The maximum atomic E-state index is 10.6. The van der Waals surface area contributed by atoms with Crippen molar-refractivity contribution in [2.75, 3.05) is 0 Å². The van der Waals surface area contributed by atoms with Crippen molar-refractivity contribution < 1.29 is 9.90 Å². The Morgan fingerprint density at radius 1 is 0.929 bits per heavy atom. The van der Waals surface area contributed by atoms with Gasteiger partial charge in [-0.25, -0.2) is 0 Å². The minimum Gasteiger partial charge on any atom is -0.481 e. The van der Waals surface area contributed by atoms with E-state index in [9.17, 15) is 4.79 Å². The van der Waals surface area contributed by atoms with Crippen molar-refractivity contribution in [2.45, 2.75) is 64.2 Å². The van der Waals surface area contributed by atoms with E-state index in [-0.39, 0.29) is 0 Å². The third-order valence-corrected chi connectivity index (χ3v) is 3.19. The molecule has 1 saturated carbocycles. The highest BCUT2D eigenvalue weighted by Gasteiger charge is 2.13. The lowest BCUT2D eigenvalue weighted by Crippen LogP contribution is -2.08. The van der Waals surface area contributed by atoms with Crippen LogP contribution in [0.15, 0.2) is 0 Å². The van der Waals surface area contributed by atoms with E-state index in [4.69, 9.17) is 5.11 Å². The highest BCUT2D eigenvalue weighted by atomic mass is 16.4. The Hall–Kier alpha value is -0.530. The van der Waals surface area contributed by atoms with E-state index in [1.807, 2.05) is 0 Å². The summed E-state index contributed by atoms with van der Waals surface area (Å²) in [6, 6.07) is 0. The number of hydrogen-bond acceptors (Lipinski definition) is 1. The molecule has 0 radical (unpaired) electrons. The summed E-state index contributed by atoms with van der Waals surface area (Å²) in [6.45, 7) is 0. The fourth-order valence-electron chi connectivity index (χ4n) is 2.35. The average Bonchev–Trinajstić information content (AvgIpc) is 2.15. The highest BCUT2D eigenvalue weighted by Crippen LogP contribution is 2.23. The van der Waals surface area contributed by atoms with Crippen LogP contribution in [0.1, 0.15) is 64.2 Å². The second-order valence-electron chi connectivity index (χ2n) is 4.52. The Kier molecular flexibility index (Phi) is 5.65. The Balaban J connectivity index is 2.26. The monoisotopic (exact) mass is 198 g/mol. The lowest BCUT2D eigenvalue weighted by atomic mass is 9.90. The van der Waals surface area contributed by atoms with Crippen LogP contribution in [0.3, 0.4) is 0 Å². The molecule has 0 aromatic rings. The highest BCUT2D eigenvalue weighted by molar-refractivity contribution is 5.66. The minimum absolute atomic E-state index is 0.389. The Morgan fingerprint density at radius 2 is 1.36 bits per heavy atom. The summed E-state index contributed by atoms with van der Waals surface area (Å²) < 4.78 is 0. The van der Waals surface area contributed by atoms with Crippen LogP contribution < -0.4 is 0 Å². The van der Waals surface area contributed by atoms with Gasteiger partial charge in [-0.1, -0.05) is 44.9 Å². The van der Waals surface area contributed by atoms with Crippen molar-refractivity contribution in [1.82, 2.24) is 0 Å². The zero-order valence-corrected chi connectivity index (χ0v) is 9.00. The molecule has 1 aliphatic rings. The van der Waals surface area contributed by atoms with E-state index in [0.717, 1.165) is 12.8 Å². The van der Waals surface area contributed by atoms with E-state index in [0.29, 0.717) is 12.3 Å². The summed E-state index contributed by atoms with van der Waals surface area (Å²) in [4.78, 5) is 10.6. The first-order chi connectivity index (χ1) is 6.79. The first-order valence-electron chi connectivity index (χ1n) is 6.01. The fourth-order valence-corrected chi connectivity index (χ4v) is 2.35. The van der Waals surface area contributed by atoms with Gasteiger partial charge in [0, 0.05) is 6.42 Å². The number of hydrogen-bond donors (Lipinski definition) is 1. The van der Waals surface area contributed by atoms with Crippen LogP contribution in [-0.2, 0) is 4.79 Å². The molecule has 0 spiro atoms. The van der Waals surface area contributed by atoms with Crippen LogP contribution in [0, 0.1) is 5.92 Å². The summed E-state index contributed by atoms with van der Waals surface area (Å²) in [5.41, 5.74) is 0. The van der Waals surface area contributed by atoms with Crippen molar-refractivity contribution >= 4 is 5.97 Å². The molecule has 2 heteroatoms. The molecule has 0 amide bonds. The molecule has 0 aromatic carbocycles. The van der Waals surface area contributed by atoms with Crippen LogP contribution in [0.25, 0.3) is 0 Å². The summed E-state index contributed by atoms with van der Waals surface area (Å²) >= 11 is 0. The SMILES string of the molecule is O=C(O)CC1CCCCCCCCC1. The Bertz CT molecular complexity index is 156. The lowest BCUT2D eigenvalue weighted by Gasteiger charge is -2.16. The second-order valence-corrected chi connectivity index (χ2v) is 4.52. The van der Waals surface area contributed by atoms with E-state index < -0.39 is 5.97 Å². The van der Waals surface area contributed by atoms with E-state index in [1.54, 1.807) is 0 Å². The van der Waals surface area contributed by atoms with Crippen LogP contribution in [0.5, 0.6) is 0 Å². The largest absolute Gasteiger partial charge is 0.481 e. The topological polar surface area (TPSA) is 37.3 Å². The standard InChI is InChI=1S/C12H22O2/c13-12(14)10-11-8-6-4-2-1-3-5-7-9-11/h11H,1-10H2,(H,13,14). The van der Waals surface area contributed by atoms with Crippen LogP contribution in [-0.4, -0.2) is 11.1 Å². The van der Waals surface area contributed by atoms with E-state index in [2.05, 4.69) is 0 Å². The van der Waals surface area contributed by atoms with Gasteiger partial charge < -0.3 is 5.11 Å². The average molecular weight is 198 g/mol. The molecule has 2 nitrogen and oxygen atoms in total. The normalized spacial score (nSPS) is 21.7. The Morgan fingerprint density at radius 3 is 1.79 bits per heavy atom. The van der Waals surface area contributed by atoms with Gasteiger partial charge in [0.25, 0.3) is 0 Å². The van der Waals surface area contributed by atoms with Gasteiger partial charge in [-0.2, -0.15) is 0 Å². The molecule has 1 aliphatic carbocycles. The minimum atomic E-state index is -0.618. The third kappa shape index (κ3) is 5.25. The summed E-state index contributed by atoms with van der Waals surface area (Å²) in [5, 5.41) is 8.75. The number of carbonyl (C=O) groups is 1. The molecule has 14 heavy (non-hydrogen) atoms. The predicted octanol–water partition coefficient (Wildman–Crippen LogP) is 3.60. The van der Waals surface area contributed by atoms with Gasteiger partial charge in [0.2, 0.25) is 0 Å². The molecule has 1 fully saturated rings. The second kappa shape index (κ2) is 6.86. The molecule has 0 heterocycles. The molecule has 0 saturated heterocycles. The predicted molar refractivity (Wildman–Crippen MR) is 57.3 cm³/mol. The Labute approximate surface area is 86.7 Å². The zero-order chi connectivity index (χ0) is 10.2. The fraction of sp³-hybridized carbons (Fsp3) is 0.917. The molecular weight excluding hydrogens is 176 g/mol. The van der Waals surface area contributed by atoms with Crippen molar-refractivity contribution in [2.24, 2.45) is 5.92 Å². The van der Waals surface area contributed by atoms with Gasteiger partial charge >= 0.3 is 5.97 Å². The summed E-state index contributed by atoms with van der Waals surface area (Å²) in [5.74, 6) is -0.169. The van der Waals surface area contributed by atoms with Crippen molar-refractivity contribution in [3.8, 4) is 0 Å². The summed E-state index contributed by atoms with van der Waals surface area (Å²) in [6.07, 6.45) is 11.8. The summed E-state index contributed by atoms with van der Waals surface area (Å²) in [7, 11) is 0. The van der Waals surface area contributed by atoms with Crippen molar-refractivity contribution in [1.29, 1.82) is 0 Å². The van der Waals surface area contributed by atoms with Gasteiger partial charge in [0.05, 0.1) is 0 Å². The van der Waals surface area contributed by atoms with Crippen LogP contribution in [0.2, 0.25) is 0 Å². The maximum absolute atomic E-state index is 10.6. The maximum Gasteiger partial charge on any atom is 0.303 e. The quantitative estimate of drug-likeness (QED) is 0.736. The van der Waals surface area contributed by atoms with Gasteiger partial charge in [-0.05, 0) is 18.8 Å². The first kappa shape index (κ1) is 11.5. The molecular formula is C12H22O2. The molecule has 0 atom stereocenters. The third-order valence-electron chi connectivity index (χ3n) is 3.19. The molecule has 0 aromatic heterocycles. The van der Waals surface area contributed by atoms with Gasteiger partial charge in [-0.3, -0.25) is 4.79 Å². The van der Waals surface area contributed by atoms with Crippen LogP contribution >= 0.6 is 0 Å². The van der Waals surface area contributed by atoms with E-state index in [1.165, 1.54) is 44.9 Å². The molecule has 0 unspecified atom stereocenters. The molecule has 0 bridgehead atoms. The van der Waals surface area contributed by atoms with Gasteiger partial charge in [0.15, 0.2) is 0 Å². The number of carboxylic acid groups (broad SMARTS) is 1. The molecule has 1 rings (SSSR count). The van der Waals surface area contributed by atoms with Crippen molar-refractivity contribution in [3.05, 3.63) is 0 Å². The molecule has 0 aliphatic heterocycles. The van der Waals surface area contributed by atoms with Crippen molar-refractivity contribution in [3.63, 3.8) is 0 Å². The first-order valence-corrected chi connectivity index (χ1v) is 6.01. The molecule has 1 N–H and O–H groups in total. The number of carboxylic acids is 1. The van der Waals surface area contributed by atoms with Gasteiger partial charge in [-0.15, -0.1) is 0 Å². The van der Waals surface area contributed by atoms with E-state index >= 15 is 0 Å². The lowest BCUT2D eigenvalue weighted by molar-refractivity contribution is -0.138. The zero-order valence-electron chi connectivity index (χ0n) is 9.00.